The van der Waals surface area contributed by atoms with Gasteiger partial charge < -0.3 is 14.7 Å². The second kappa shape index (κ2) is 5.98. The standard InChI is InChI=1S/C13H22N2O2/c1-13(2,9-15(3)4)10-17-12-6-5-11(8-16)7-14-12/h5-7,16H,8-10H2,1-4H3. The highest BCUT2D eigenvalue weighted by molar-refractivity contribution is 5.17. The van der Waals surface area contributed by atoms with Crippen molar-refractivity contribution >= 4 is 0 Å². The van der Waals surface area contributed by atoms with Crippen LogP contribution in [-0.4, -0.2) is 42.2 Å². The fourth-order valence-corrected chi connectivity index (χ4v) is 1.76. The van der Waals surface area contributed by atoms with Crippen LogP contribution >= 0.6 is 0 Å². The zero-order chi connectivity index (χ0) is 12.9. The fraction of sp³-hybridized carbons (Fsp3) is 0.615. The van der Waals surface area contributed by atoms with Gasteiger partial charge in [0.05, 0.1) is 13.2 Å². The highest BCUT2D eigenvalue weighted by Gasteiger charge is 2.20. The van der Waals surface area contributed by atoms with Crippen LogP contribution in [0.1, 0.15) is 19.4 Å². The van der Waals surface area contributed by atoms with Gasteiger partial charge in [-0.25, -0.2) is 4.98 Å². The van der Waals surface area contributed by atoms with E-state index in [0.29, 0.717) is 12.5 Å². The Bertz CT molecular complexity index is 334. The third-order valence-corrected chi connectivity index (χ3v) is 2.34. The molecule has 0 amide bonds. The van der Waals surface area contributed by atoms with E-state index in [1.54, 1.807) is 12.3 Å². The molecule has 1 aromatic heterocycles. The molecule has 0 bridgehead atoms. The monoisotopic (exact) mass is 238 g/mol. The minimum absolute atomic E-state index is 0.0133. The normalized spacial score (nSPS) is 11.9. The van der Waals surface area contributed by atoms with Crippen LogP contribution in [0.15, 0.2) is 18.3 Å². The van der Waals surface area contributed by atoms with E-state index < -0.39 is 0 Å². The molecule has 1 heterocycles. The first kappa shape index (κ1) is 13.9. The molecule has 0 aliphatic rings. The molecule has 1 aromatic rings. The van der Waals surface area contributed by atoms with Crippen molar-refractivity contribution in [3.63, 3.8) is 0 Å². The first-order chi connectivity index (χ1) is 7.93. The Kier molecular flexibility index (Phi) is 4.90. The minimum Gasteiger partial charge on any atom is -0.477 e. The Morgan fingerprint density at radius 1 is 1.35 bits per heavy atom. The van der Waals surface area contributed by atoms with Gasteiger partial charge in [0.1, 0.15) is 0 Å². The van der Waals surface area contributed by atoms with Crippen LogP contribution in [0.5, 0.6) is 5.88 Å². The van der Waals surface area contributed by atoms with Crippen LogP contribution < -0.4 is 4.74 Å². The molecule has 0 unspecified atom stereocenters. The molecule has 0 aromatic carbocycles. The first-order valence-electron chi connectivity index (χ1n) is 5.76. The van der Waals surface area contributed by atoms with Crippen LogP contribution in [0, 0.1) is 5.41 Å². The molecule has 1 rings (SSSR count). The van der Waals surface area contributed by atoms with Crippen molar-refractivity contribution in [2.75, 3.05) is 27.2 Å². The van der Waals surface area contributed by atoms with Gasteiger partial charge in [-0.05, 0) is 25.7 Å². The van der Waals surface area contributed by atoms with Crippen molar-refractivity contribution in [1.82, 2.24) is 9.88 Å². The van der Waals surface area contributed by atoms with Gasteiger partial charge in [0, 0.05) is 24.2 Å². The van der Waals surface area contributed by atoms with Crippen molar-refractivity contribution in [2.24, 2.45) is 5.41 Å². The van der Waals surface area contributed by atoms with Gasteiger partial charge in [-0.3, -0.25) is 0 Å². The van der Waals surface area contributed by atoms with Gasteiger partial charge in [-0.15, -0.1) is 0 Å². The maximum Gasteiger partial charge on any atom is 0.213 e. The number of aromatic nitrogens is 1. The van der Waals surface area contributed by atoms with Crippen LogP contribution in [0.4, 0.5) is 0 Å². The van der Waals surface area contributed by atoms with E-state index in [2.05, 4.69) is 37.8 Å². The summed E-state index contributed by atoms with van der Waals surface area (Å²) in [7, 11) is 4.10. The number of hydrogen-bond acceptors (Lipinski definition) is 4. The number of hydrogen-bond donors (Lipinski definition) is 1. The summed E-state index contributed by atoms with van der Waals surface area (Å²) in [4.78, 5) is 6.28. The molecule has 0 saturated carbocycles. The van der Waals surface area contributed by atoms with Crippen LogP contribution in [0.25, 0.3) is 0 Å². The molecule has 0 spiro atoms. The van der Waals surface area contributed by atoms with Gasteiger partial charge in [0.2, 0.25) is 5.88 Å². The molecule has 96 valence electrons. The summed E-state index contributed by atoms with van der Waals surface area (Å²) in [6.07, 6.45) is 1.63. The molecular formula is C13H22N2O2. The average molecular weight is 238 g/mol. The summed E-state index contributed by atoms with van der Waals surface area (Å²) in [6, 6.07) is 3.61. The largest absolute Gasteiger partial charge is 0.477 e. The molecule has 0 atom stereocenters. The number of aliphatic hydroxyl groups is 1. The summed E-state index contributed by atoms with van der Waals surface area (Å²) in [5.74, 6) is 0.606. The van der Waals surface area contributed by atoms with E-state index in [4.69, 9.17) is 9.84 Å². The Morgan fingerprint density at radius 2 is 2.06 bits per heavy atom. The Balaban J connectivity index is 2.48. The molecular weight excluding hydrogens is 216 g/mol. The molecule has 0 radical (unpaired) electrons. The molecule has 1 N–H and O–H groups in total. The Morgan fingerprint density at radius 3 is 2.53 bits per heavy atom. The van der Waals surface area contributed by atoms with Crippen LogP contribution in [0.2, 0.25) is 0 Å². The number of pyridine rings is 1. The van der Waals surface area contributed by atoms with Crippen molar-refractivity contribution in [3.05, 3.63) is 23.9 Å². The molecule has 4 nitrogen and oxygen atoms in total. The lowest BCUT2D eigenvalue weighted by atomic mass is 9.94. The zero-order valence-corrected chi connectivity index (χ0v) is 11.1. The highest BCUT2D eigenvalue weighted by atomic mass is 16.5. The van der Waals surface area contributed by atoms with Gasteiger partial charge in [0.15, 0.2) is 0 Å². The predicted octanol–water partition coefficient (Wildman–Crippen LogP) is 1.54. The smallest absolute Gasteiger partial charge is 0.213 e. The summed E-state index contributed by atoms with van der Waals surface area (Å²) >= 11 is 0. The average Bonchev–Trinajstić information content (AvgIpc) is 2.25. The molecule has 0 fully saturated rings. The number of rotatable bonds is 6. The van der Waals surface area contributed by atoms with Crippen LogP contribution in [-0.2, 0) is 6.61 Å². The third-order valence-electron chi connectivity index (χ3n) is 2.34. The number of aliphatic hydroxyl groups excluding tert-OH is 1. The second-order valence-corrected chi connectivity index (χ2v) is 5.35. The predicted molar refractivity (Wildman–Crippen MR) is 68.0 cm³/mol. The van der Waals surface area contributed by atoms with E-state index >= 15 is 0 Å². The van der Waals surface area contributed by atoms with E-state index in [-0.39, 0.29) is 12.0 Å². The van der Waals surface area contributed by atoms with Gasteiger partial charge >= 0.3 is 0 Å². The van der Waals surface area contributed by atoms with E-state index in [1.807, 2.05) is 6.07 Å². The van der Waals surface area contributed by atoms with E-state index in [9.17, 15) is 0 Å². The van der Waals surface area contributed by atoms with Gasteiger partial charge in [-0.1, -0.05) is 13.8 Å². The molecule has 0 saturated heterocycles. The molecule has 17 heavy (non-hydrogen) atoms. The minimum atomic E-state index is 0.0133. The second-order valence-electron chi connectivity index (χ2n) is 5.35. The lowest BCUT2D eigenvalue weighted by Gasteiger charge is -2.27. The summed E-state index contributed by atoms with van der Waals surface area (Å²) in [6.45, 7) is 5.92. The molecule has 0 aliphatic heterocycles. The van der Waals surface area contributed by atoms with Crippen LogP contribution in [0.3, 0.4) is 0 Å². The SMILES string of the molecule is CN(C)CC(C)(C)COc1ccc(CO)cn1. The zero-order valence-electron chi connectivity index (χ0n) is 11.1. The topological polar surface area (TPSA) is 45.6 Å². The van der Waals surface area contributed by atoms with Crippen molar-refractivity contribution < 1.29 is 9.84 Å². The number of nitrogens with zero attached hydrogens (tertiary/aromatic N) is 2. The summed E-state index contributed by atoms with van der Waals surface area (Å²) < 4.78 is 5.65. The first-order valence-corrected chi connectivity index (χ1v) is 5.76. The lowest BCUT2D eigenvalue weighted by Crippen LogP contribution is -2.33. The Labute approximate surface area is 103 Å². The summed E-state index contributed by atoms with van der Waals surface area (Å²) in [5, 5.41) is 8.90. The quantitative estimate of drug-likeness (QED) is 0.816. The van der Waals surface area contributed by atoms with Gasteiger partial charge in [0.25, 0.3) is 0 Å². The Hall–Kier alpha value is -1.13. The van der Waals surface area contributed by atoms with Crippen molar-refractivity contribution in [1.29, 1.82) is 0 Å². The maximum atomic E-state index is 8.90. The van der Waals surface area contributed by atoms with E-state index in [0.717, 1.165) is 12.1 Å². The fourth-order valence-electron chi connectivity index (χ4n) is 1.76. The molecule has 0 aliphatic carbocycles. The highest BCUT2D eigenvalue weighted by Crippen LogP contribution is 2.18. The third kappa shape index (κ3) is 5.15. The number of ether oxygens (including phenoxy) is 1. The van der Waals surface area contributed by atoms with Crippen molar-refractivity contribution in [2.45, 2.75) is 20.5 Å². The summed E-state index contributed by atoms with van der Waals surface area (Å²) in [5.41, 5.74) is 0.880. The lowest BCUT2D eigenvalue weighted by molar-refractivity contribution is 0.137. The molecule has 4 heteroatoms. The van der Waals surface area contributed by atoms with E-state index in [1.165, 1.54) is 0 Å². The van der Waals surface area contributed by atoms with Crippen molar-refractivity contribution in [3.8, 4) is 5.88 Å². The maximum absolute atomic E-state index is 8.90. The van der Waals surface area contributed by atoms with Gasteiger partial charge in [-0.2, -0.15) is 0 Å².